The summed E-state index contributed by atoms with van der Waals surface area (Å²) < 4.78 is 0. The number of hydrogen-bond donors (Lipinski definition) is 0. The van der Waals surface area contributed by atoms with E-state index in [-0.39, 0.29) is 11.6 Å². The van der Waals surface area contributed by atoms with Crippen LogP contribution in [0, 0.1) is 0 Å². The largest absolute Gasteiger partial charge is 0.289 e. The third-order valence-corrected chi connectivity index (χ3v) is 11.2. The summed E-state index contributed by atoms with van der Waals surface area (Å²) in [6.07, 6.45) is 0. The van der Waals surface area contributed by atoms with Crippen LogP contribution in [0.5, 0.6) is 0 Å². The molecule has 272 valence electrons. The van der Waals surface area contributed by atoms with Gasteiger partial charge in [0.1, 0.15) is 0 Å². The van der Waals surface area contributed by atoms with E-state index in [4.69, 9.17) is 0 Å². The van der Waals surface area contributed by atoms with Crippen molar-refractivity contribution < 1.29 is 9.59 Å². The second-order valence-electron chi connectivity index (χ2n) is 14.6. The van der Waals surface area contributed by atoms with Gasteiger partial charge in [0.15, 0.2) is 11.6 Å². The van der Waals surface area contributed by atoms with Crippen LogP contribution in [-0.4, -0.2) is 11.6 Å². The summed E-state index contributed by atoms with van der Waals surface area (Å²) >= 11 is 0. The molecule has 0 amide bonds. The molecule has 0 heterocycles. The average molecular weight is 741 g/mol. The van der Waals surface area contributed by atoms with Crippen LogP contribution in [0.1, 0.15) is 44.5 Å². The van der Waals surface area contributed by atoms with Crippen molar-refractivity contribution in [1.29, 1.82) is 0 Å². The van der Waals surface area contributed by atoms with Crippen molar-refractivity contribution in [1.82, 2.24) is 0 Å². The Morgan fingerprint density at radius 1 is 0.224 bits per heavy atom. The molecular formula is C56H36O2. The van der Waals surface area contributed by atoms with Crippen molar-refractivity contribution in [3.63, 3.8) is 0 Å². The first kappa shape index (κ1) is 34.8. The van der Waals surface area contributed by atoms with Gasteiger partial charge in [-0.15, -0.1) is 0 Å². The Balaban J connectivity index is 1.36. The maximum absolute atomic E-state index is 15.9. The van der Waals surface area contributed by atoms with Gasteiger partial charge in [-0.1, -0.05) is 218 Å². The molecule has 0 saturated carbocycles. The zero-order chi connectivity index (χ0) is 39.0. The second kappa shape index (κ2) is 14.8. The highest BCUT2D eigenvalue weighted by Gasteiger charge is 2.41. The number of carbonyl (C=O) groups excluding carboxylic acids is 2. The Morgan fingerprint density at radius 2 is 0.517 bits per heavy atom. The number of benzene rings is 8. The van der Waals surface area contributed by atoms with Crippen molar-refractivity contribution in [2.24, 2.45) is 0 Å². The molecule has 0 spiro atoms. The van der Waals surface area contributed by atoms with Crippen molar-refractivity contribution in [2.75, 3.05) is 0 Å². The van der Waals surface area contributed by atoms with Crippen LogP contribution < -0.4 is 0 Å². The van der Waals surface area contributed by atoms with E-state index in [1.54, 1.807) is 0 Å². The molecule has 0 radical (unpaired) electrons. The number of fused-ring (bicyclic) bond motifs is 1. The van der Waals surface area contributed by atoms with Gasteiger partial charge in [0, 0.05) is 50.1 Å². The molecular weight excluding hydrogens is 705 g/mol. The number of rotatable bonds is 8. The van der Waals surface area contributed by atoms with E-state index in [0.29, 0.717) is 22.3 Å². The summed E-state index contributed by atoms with van der Waals surface area (Å²) in [5.41, 5.74) is 12.8. The Labute approximate surface area is 338 Å². The minimum Gasteiger partial charge on any atom is -0.289 e. The quantitative estimate of drug-likeness (QED) is 0.155. The number of allylic oxidation sites excluding steroid dienone is 8. The smallest absolute Gasteiger partial charge is 0.195 e. The minimum atomic E-state index is -0.0766. The number of Topliss-reactive ketones (excluding diaryl/α,β-unsaturated/α-hetero) is 2. The molecule has 10 rings (SSSR count). The first-order chi connectivity index (χ1) is 28.7. The normalized spacial score (nSPS) is 14.3. The van der Waals surface area contributed by atoms with Gasteiger partial charge >= 0.3 is 0 Å². The molecule has 0 unspecified atom stereocenters. The topological polar surface area (TPSA) is 34.1 Å². The fourth-order valence-corrected chi connectivity index (χ4v) is 8.78. The second-order valence-corrected chi connectivity index (χ2v) is 14.6. The van der Waals surface area contributed by atoms with Crippen molar-refractivity contribution >= 4 is 66.9 Å². The maximum atomic E-state index is 15.9. The summed E-state index contributed by atoms with van der Waals surface area (Å²) in [6.45, 7) is 0. The fourth-order valence-electron chi connectivity index (χ4n) is 8.78. The van der Waals surface area contributed by atoms with Crippen LogP contribution in [0.25, 0.3) is 55.4 Å². The van der Waals surface area contributed by atoms with Crippen molar-refractivity contribution in [2.45, 2.75) is 0 Å². The van der Waals surface area contributed by atoms with Crippen LogP contribution in [0.2, 0.25) is 0 Å². The molecule has 0 N–H and O–H groups in total. The monoisotopic (exact) mass is 740 g/mol. The van der Waals surface area contributed by atoms with Crippen LogP contribution in [0.3, 0.4) is 0 Å². The highest BCUT2D eigenvalue weighted by atomic mass is 16.1. The molecule has 8 aromatic carbocycles. The first-order valence-electron chi connectivity index (χ1n) is 19.6. The first-order valence-corrected chi connectivity index (χ1v) is 19.6. The van der Waals surface area contributed by atoms with E-state index in [9.17, 15) is 0 Å². The Bertz CT molecular complexity index is 3010. The zero-order valence-electron chi connectivity index (χ0n) is 31.6. The predicted octanol–water partition coefficient (Wildman–Crippen LogP) is 13.0. The van der Waals surface area contributed by atoms with Gasteiger partial charge in [0.2, 0.25) is 0 Å². The van der Waals surface area contributed by atoms with E-state index in [2.05, 4.69) is 72.8 Å². The summed E-state index contributed by atoms with van der Waals surface area (Å²) in [6, 6.07) is 73.2. The molecule has 2 nitrogen and oxygen atoms in total. The summed E-state index contributed by atoms with van der Waals surface area (Å²) in [5, 5.41) is 1.89. The predicted molar refractivity (Wildman–Crippen MR) is 240 cm³/mol. The van der Waals surface area contributed by atoms with E-state index >= 15 is 9.59 Å². The molecule has 0 atom stereocenters. The zero-order valence-corrected chi connectivity index (χ0v) is 31.6. The lowest BCUT2D eigenvalue weighted by atomic mass is 9.82. The lowest BCUT2D eigenvalue weighted by Crippen LogP contribution is -2.09. The van der Waals surface area contributed by atoms with Gasteiger partial charge in [0.25, 0.3) is 0 Å². The third kappa shape index (κ3) is 5.82. The van der Waals surface area contributed by atoms with Gasteiger partial charge in [0.05, 0.1) is 0 Å². The molecule has 58 heavy (non-hydrogen) atoms. The molecule has 2 heteroatoms. The SMILES string of the molecule is O=C1C(c2ccccc2)=C(c2ccccc2)C(c2ccccc2)=C1c1ccc2ccccc2c1C1=C(c2ccccc2)C(c2ccccc2)=C(c2ccccc2)C1=O. The van der Waals surface area contributed by atoms with Crippen LogP contribution in [-0.2, 0) is 9.59 Å². The van der Waals surface area contributed by atoms with Crippen LogP contribution >= 0.6 is 0 Å². The van der Waals surface area contributed by atoms with Crippen molar-refractivity contribution in [3.8, 4) is 0 Å². The molecule has 0 aromatic heterocycles. The lowest BCUT2D eigenvalue weighted by molar-refractivity contribution is -0.109. The molecule has 2 aliphatic carbocycles. The molecule has 2 aliphatic rings. The Hall–Kier alpha value is -7.68. The number of hydrogen-bond acceptors (Lipinski definition) is 2. The molecule has 0 fully saturated rings. The molecule has 8 aromatic rings. The third-order valence-electron chi connectivity index (χ3n) is 11.2. The van der Waals surface area contributed by atoms with Crippen LogP contribution in [0.4, 0.5) is 0 Å². The van der Waals surface area contributed by atoms with E-state index in [0.717, 1.165) is 77.6 Å². The fraction of sp³-hybridized carbons (Fsp3) is 0. The number of carbonyl (C=O) groups is 2. The van der Waals surface area contributed by atoms with E-state index < -0.39 is 0 Å². The Morgan fingerprint density at radius 3 is 0.914 bits per heavy atom. The highest BCUT2D eigenvalue weighted by molar-refractivity contribution is 6.62. The van der Waals surface area contributed by atoms with Gasteiger partial charge in [-0.25, -0.2) is 0 Å². The standard InChI is InChI=1S/C56H36O2/c57-55-50(42-30-15-5-16-31-42)46(38-22-7-1-8-23-38)48(40-26-11-3-12-27-40)53(55)45-36-35-37-21-19-20-34-44(37)52(45)54-49(41-28-13-4-14-29-41)47(39-24-9-2-10-25-39)51(56(54)58)43-32-17-6-18-33-43/h1-36H. The molecule has 0 saturated heterocycles. The number of ketones is 2. The van der Waals surface area contributed by atoms with Crippen molar-refractivity contribution in [3.05, 3.63) is 263 Å². The lowest BCUT2D eigenvalue weighted by Gasteiger charge is -2.19. The highest BCUT2D eigenvalue weighted by Crippen LogP contribution is 2.55. The van der Waals surface area contributed by atoms with Gasteiger partial charge in [-0.05, 0) is 49.7 Å². The van der Waals surface area contributed by atoms with E-state index in [1.807, 2.05) is 146 Å². The van der Waals surface area contributed by atoms with Crippen LogP contribution in [0.15, 0.2) is 218 Å². The Kier molecular flexibility index (Phi) is 8.85. The van der Waals surface area contributed by atoms with Gasteiger partial charge < -0.3 is 0 Å². The molecule has 0 bridgehead atoms. The van der Waals surface area contributed by atoms with Gasteiger partial charge in [-0.3, -0.25) is 9.59 Å². The summed E-state index contributed by atoms with van der Waals surface area (Å²) in [4.78, 5) is 31.6. The van der Waals surface area contributed by atoms with Gasteiger partial charge in [-0.2, -0.15) is 0 Å². The summed E-state index contributed by atoms with van der Waals surface area (Å²) in [5.74, 6) is -0.152. The summed E-state index contributed by atoms with van der Waals surface area (Å²) in [7, 11) is 0. The molecule has 0 aliphatic heterocycles. The minimum absolute atomic E-state index is 0.0756. The van der Waals surface area contributed by atoms with E-state index in [1.165, 1.54) is 0 Å². The average Bonchev–Trinajstić information content (AvgIpc) is 3.78. The maximum Gasteiger partial charge on any atom is 0.195 e.